The molecule has 0 radical (unpaired) electrons. The highest BCUT2D eigenvalue weighted by molar-refractivity contribution is 6.33. The molecular weight excluding hydrogens is 436 g/mol. The van der Waals surface area contributed by atoms with E-state index in [2.05, 4.69) is 0 Å². The number of nitrogen functional groups attached to an aromatic ring is 2. The molecule has 0 aliphatic heterocycles. The van der Waals surface area contributed by atoms with Gasteiger partial charge < -0.3 is 31.2 Å². The summed E-state index contributed by atoms with van der Waals surface area (Å²) in [6.07, 6.45) is 0. The minimum atomic E-state index is -0.751. The number of carbonyl (C=O) groups is 2. The van der Waals surface area contributed by atoms with Crippen molar-refractivity contribution in [1.82, 2.24) is 0 Å². The van der Waals surface area contributed by atoms with Crippen LogP contribution in [0.5, 0.6) is 34.5 Å². The first-order valence-corrected chi connectivity index (χ1v) is 10.2. The highest BCUT2D eigenvalue weighted by atomic mass is 16.5. The molecule has 0 aromatic heterocycles. The van der Waals surface area contributed by atoms with Gasteiger partial charge in [-0.15, -0.1) is 0 Å². The van der Waals surface area contributed by atoms with Gasteiger partial charge in [-0.2, -0.15) is 0 Å². The molecule has 1 aliphatic carbocycles. The number of hydrogen-bond acceptors (Lipinski definition) is 8. The van der Waals surface area contributed by atoms with E-state index in [1.54, 1.807) is 54.6 Å². The summed E-state index contributed by atoms with van der Waals surface area (Å²) in [4.78, 5) is 26.8. The molecule has 0 bridgehead atoms. The minimum Gasteiger partial charge on any atom is -0.507 e. The van der Waals surface area contributed by atoms with Crippen molar-refractivity contribution in [2.24, 2.45) is 0 Å². The van der Waals surface area contributed by atoms with Crippen LogP contribution < -0.4 is 20.9 Å². The predicted octanol–water partition coefficient (Wildman–Crippen LogP) is 4.62. The Morgan fingerprint density at radius 1 is 0.618 bits per heavy atom. The van der Waals surface area contributed by atoms with Crippen LogP contribution in [0.1, 0.15) is 31.8 Å². The third kappa shape index (κ3) is 3.25. The fourth-order valence-corrected chi connectivity index (χ4v) is 3.89. The van der Waals surface area contributed by atoms with Crippen molar-refractivity contribution < 1.29 is 29.3 Å². The number of nitrogens with two attached hydrogens (primary N) is 2. The van der Waals surface area contributed by atoms with E-state index < -0.39 is 23.1 Å². The number of phenols is 2. The van der Waals surface area contributed by atoms with Gasteiger partial charge in [0.05, 0.1) is 22.4 Å². The largest absolute Gasteiger partial charge is 0.507 e. The first-order chi connectivity index (χ1) is 16.4. The molecule has 0 fully saturated rings. The summed E-state index contributed by atoms with van der Waals surface area (Å²) in [7, 11) is 0. The van der Waals surface area contributed by atoms with E-state index in [-0.39, 0.29) is 45.1 Å². The molecule has 1 aliphatic rings. The number of ketones is 2. The van der Waals surface area contributed by atoms with Crippen molar-refractivity contribution in [3.8, 4) is 34.5 Å². The van der Waals surface area contributed by atoms with Crippen LogP contribution in [0.3, 0.4) is 0 Å². The normalized spacial score (nSPS) is 12.1. The van der Waals surface area contributed by atoms with Crippen molar-refractivity contribution in [3.05, 3.63) is 95.1 Å². The number of carbonyl (C=O) groups excluding carboxylic acids is 2. The van der Waals surface area contributed by atoms with Crippen LogP contribution >= 0.6 is 0 Å². The number of aromatic hydroxyl groups is 2. The van der Waals surface area contributed by atoms with Gasteiger partial charge in [-0.3, -0.25) is 9.59 Å². The Bertz CT molecular complexity index is 1470. The van der Waals surface area contributed by atoms with Crippen LogP contribution in [0, 0.1) is 0 Å². The van der Waals surface area contributed by atoms with Gasteiger partial charge >= 0.3 is 0 Å². The zero-order chi connectivity index (χ0) is 24.0. The smallest absolute Gasteiger partial charge is 0.200 e. The van der Waals surface area contributed by atoms with Gasteiger partial charge in [-0.1, -0.05) is 36.4 Å². The number of phenolic OH excluding ortho intramolecular Hbond substituents is 2. The van der Waals surface area contributed by atoms with Gasteiger partial charge in [0.1, 0.15) is 28.7 Å². The van der Waals surface area contributed by atoms with Crippen LogP contribution in [0.25, 0.3) is 0 Å². The maximum Gasteiger partial charge on any atom is 0.200 e. The summed E-state index contributed by atoms with van der Waals surface area (Å²) in [5.41, 5.74) is 10.7. The summed E-state index contributed by atoms with van der Waals surface area (Å²) in [5, 5.41) is 21.4. The fraction of sp³-hybridized carbons (Fsp3) is 0. The highest BCUT2D eigenvalue weighted by Gasteiger charge is 2.39. The molecule has 4 aromatic rings. The van der Waals surface area contributed by atoms with Crippen molar-refractivity contribution >= 4 is 22.9 Å². The Hall–Kier alpha value is -4.98. The molecule has 0 spiro atoms. The molecule has 0 unspecified atom stereocenters. The average molecular weight is 454 g/mol. The third-order valence-electron chi connectivity index (χ3n) is 5.46. The first kappa shape index (κ1) is 20.9. The molecule has 0 heterocycles. The van der Waals surface area contributed by atoms with Crippen LogP contribution in [-0.4, -0.2) is 21.8 Å². The van der Waals surface area contributed by atoms with Crippen molar-refractivity contribution in [1.29, 1.82) is 0 Å². The average Bonchev–Trinajstić information content (AvgIpc) is 2.83. The molecule has 4 aromatic carbocycles. The second kappa shape index (κ2) is 7.86. The zero-order valence-corrected chi connectivity index (χ0v) is 17.6. The topological polar surface area (TPSA) is 145 Å². The molecule has 168 valence electrons. The van der Waals surface area contributed by atoms with E-state index in [0.717, 1.165) is 0 Å². The third-order valence-corrected chi connectivity index (χ3v) is 5.46. The van der Waals surface area contributed by atoms with Crippen LogP contribution in [-0.2, 0) is 0 Å². The molecule has 0 amide bonds. The predicted molar refractivity (Wildman–Crippen MR) is 125 cm³/mol. The number of fused-ring (bicyclic) bond motifs is 2. The molecule has 6 N–H and O–H groups in total. The summed E-state index contributed by atoms with van der Waals surface area (Å²) in [6.45, 7) is 0. The Morgan fingerprint density at radius 2 is 1.21 bits per heavy atom. The molecule has 8 heteroatoms. The Balaban J connectivity index is 1.64. The molecule has 0 saturated heterocycles. The SMILES string of the molecule is Nc1c(O)c2c(c(N)c1Oc1ccccc1)C(=O)c1c(O)cc(Oc3ccccc3)cc1C2=O. The number of hydrogen-bond donors (Lipinski definition) is 4. The van der Waals surface area contributed by atoms with Crippen LogP contribution in [0.15, 0.2) is 72.8 Å². The maximum atomic E-state index is 13.4. The molecule has 0 saturated carbocycles. The number of anilines is 2. The molecule has 8 nitrogen and oxygen atoms in total. The fourth-order valence-electron chi connectivity index (χ4n) is 3.89. The van der Waals surface area contributed by atoms with Gasteiger partial charge in [0.2, 0.25) is 5.78 Å². The Labute approximate surface area is 193 Å². The van der Waals surface area contributed by atoms with E-state index in [1.807, 2.05) is 6.07 Å². The van der Waals surface area contributed by atoms with E-state index in [9.17, 15) is 19.8 Å². The lowest BCUT2D eigenvalue weighted by molar-refractivity contribution is 0.0974. The lowest BCUT2D eigenvalue weighted by Crippen LogP contribution is -2.24. The zero-order valence-electron chi connectivity index (χ0n) is 17.6. The van der Waals surface area contributed by atoms with Crippen molar-refractivity contribution in [2.45, 2.75) is 0 Å². The van der Waals surface area contributed by atoms with Crippen molar-refractivity contribution in [2.75, 3.05) is 11.5 Å². The van der Waals surface area contributed by atoms with Gasteiger partial charge in [0.25, 0.3) is 0 Å². The quantitative estimate of drug-likeness (QED) is 0.175. The van der Waals surface area contributed by atoms with Gasteiger partial charge in [0, 0.05) is 11.6 Å². The second-order valence-corrected chi connectivity index (χ2v) is 7.61. The number of rotatable bonds is 4. The monoisotopic (exact) mass is 454 g/mol. The molecule has 0 atom stereocenters. The first-order valence-electron chi connectivity index (χ1n) is 10.2. The standard InChI is InChI=1S/C26H18N2O6/c27-21-19-20(25(32)22(28)26(21)34-14-9-5-2-6-10-14)23(30)16-11-15(12-17(29)18(16)24(19)31)33-13-7-3-1-4-8-13/h1-12,29,32H,27-28H2. The number of benzene rings is 4. The van der Waals surface area contributed by atoms with Crippen molar-refractivity contribution in [3.63, 3.8) is 0 Å². The van der Waals surface area contributed by atoms with Gasteiger partial charge in [-0.05, 0) is 30.3 Å². The summed E-state index contributed by atoms with van der Waals surface area (Å²) >= 11 is 0. The maximum absolute atomic E-state index is 13.4. The van der Waals surface area contributed by atoms with Crippen LogP contribution in [0.4, 0.5) is 11.4 Å². The second-order valence-electron chi connectivity index (χ2n) is 7.61. The molecule has 34 heavy (non-hydrogen) atoms. The van der Waals surface area contributed by atoms with E-state index in [1.165, 1.54) is 12.1 Å². The summed E-state index contributed by atoms with van der Waals surface area (Å²) < 4.78 is 11.4. The molecular formula is C26H18N2O6. The van der Waals surface area contributed by atoms with Crippen LogP contribution in [0.2, 0.25) is 0 Å². The Morgan fingerprint density at radius 3 is 1.82 bits per heavy atom. The van der Waals surface area contributed by atoms with E-state index in [0.29, 0.717) is 11.5 Å². The number of para-hydroxylation sites is 2. The number of ether oxygens (including phenoxy) is 2. The lowest BCUT2D eigenvalue weighted by atomic mass is 9.81. The van der Waals surface area contributed by atoms with E-state index >= 15 is 0 Å². The Kier molecular flexibility index (Phi) is 4.83. The minimum absolute atomic E-state index is 0.136. The summed E-state index contributed by atoms with van der Waals surface area (Å²) in [5.74, 6) is -1.77. The van der Waals surface area contributed by atoms with Gasteiger partial charge in [-0.25, -0.2) is 0 Å². The van der Waals surface area contributed by atoms with Gasteiger partial charge in [0.15, 0.2) is 17.3 Å². The summed E-state index contributed by atoms with van der Waals surface area (Å²) in [6, 6.07) is 19.8. The highest BCUT2D eigenvalue weighted by Crippen LogP contribution is 2.49. The molecule has 5 rings (SSSR count). The van der Waals surface area contributed by atoms with E-state index in [4.69, 9.17) is 20.9 Å². The lowest BCUT2D eigenvalue weighted by Gasteiger charge is -2.24.